The molecule has 1 rings (SSSR count). The molecule has 1 N–H and O–H groups in total. The second-order valence-electron chi connectivity index (χ2n) is 3.30. The van der Waals surface area contributed by atoms with Crippen molar-refractivity contribution < 1.29 is 9.90 Å². The zero-order chi connectivity index (χ0) is 9.84. The Bertz CT molecular complexity index is 266. The molecule has 0 aromatic carbocycles. The molecule has 0 spiro atoms. The fourth-order valence-corrected chi connectivity index (χ4v) is 1.42. The van der Waals surface area contributed by atoms with Gasteiger partial charge in [-0.2, -0.15) is 0 Å². The third-order valence-corrected chi connectivity index (χ3v) is 2.38. The van der Waals surface area contributed by atoms with Crippen molar-refractivity contribution in [2.75, 3.05) is 0 Å². The molecule has 0 aliphatic rings. The molecule has 2 atom stereocenters. The lowest BCUT2D eigenvalue weighted by atomic mass is 9.99. The lowest BCUT2D eigenvalue weighted by Gasteiger charge is -2.20. The highest BCUT2D eigenvalue weighted by atomic mass is 16.4. The number of carbonyl (C=O) groups is 1. The van der Waals surface area contributed by atoms with Crippen LogP contribution in [0.15, 0.2) is 24.5 Å². The van der Waals surface area contributed by atoms with Crippen LogP contribution >= 0.6 is 0 Å². The molecule has 13 heavy (non-hydrogen) atoms. The summed E-state index contributed by atoms with van der Waals surface area (Å²) >= 11 is 0. The van der Waals surface area contributed by atoms with Crippen LogP contribution in [0.1, 0.15) is 26.3 Å². The maximum absolute atomic E-state index is 11.0. The average Bonchev–Trinajstić information content (AvgIpc) is 2.56. The molecule has 1 aromatic rings. The molecule has 0 bridgehead atoms. The van der Waals surface area contributed by atoms with Crippen molar-refractivity contribution in [1.82, 2.24) is 4.57 Å². The molecule has 3 heteroatoms. The maximum atomic E-state index is 11.0. The summed E-state index contributed by atoms with van der Waals surface area (Å²) in [6.07, 6.45) is 4.46. The zero-order valence-electron chi connectivity index (χ0n) is 7.97. The summed E-state index contributed by atoms with van der Waals surface area (Å²) < 4.78 is 1.75. The van der Waals surface area contributed by atoms with E-state index in [9.17, 15) is 4.79 Å². The first-order valence-corrected chi connectivity index (χ1v) is 4.52. The summed E-state index contributed by atoms with van der Waals surface area (Å²) in [4.78, 5) is 11.0. The van der Waals surface area contributed by atoms with E-state index in [1.807, 2.05) is 26.0 Å². The van der Waals surface area contributed by atoms with Crippen molar-refractivity contribution in [3.63, 3.8) is 0 Å². The molecule has 0 amide bonds. The predicted molar refractivity (Wildman–Crippen MR) is 50.6 cm³/mol. The lowest BCUT2D eigenvalue weighted by Crippen LogP contribution is -2.24. The maximum Gasteiger partial charge on any atom is 0.326 e. The van der Waals surface area contributed by atoms with E-state index in [1.165, 1.54) is 0 Å². The normalized spacial score (nSPS) is 15.2. The van der Waals surface area contributed by atoms with E-state index in [4.69, 9.17) is 5.11 Å². The first kappa shape index (κ1) is 9.84. The quantitative estimate of drug-likeness (QED) is 0.773. The van der Waals surface area contributed by atoms with E-state index in [-0.39, 0.29) is 5.92 Å². The van der Waals surface area contributed by atoms with Crippen molar-refractivity contribution in [2.45, 2.75) is 26.3 Å². The Balaban J connectivity index is 2.87. The number of hydrogen-bond acceptors (Lipinski definition) is 1. The highest BCUT2D eigenvalue weighted by molar-refractivity contribution is 5.72. The number of hydrogen-bond donors (Lipinski definition) is 1. The monoisotopic (exact) mass is 181 g/mol. The molecular formula is C10H15NO2. The van der Waals surface area contributed by atoms with E-state index in [2.05, 4.69) is 0 Å². The van der Waals surface area contributed by atoms with Gasteiger partial charge in [0, 0.05) is 12.4 Å². The van der Waals surface area contributed by atoms with Crippen LogP contribution in [0.4, 0.5) is 0 Å². The van der Waals surface area contributed by atoms with Gasteiger partial charge in [-0.1, -0.05) is 20.3 Å². The van der Waals surface area contributed by atoms with Gasteiger partial charge >= 0.3 is 5.97 Å². The van der Waals surface area contributed by atoms with Crippen LogP contribution in [0.25, 0.3) is 0 Å². The number of carboxylic acids is 1. The van der Waals surface area contributed by atoms with Crippen LogP contribution in [-0.2, 0) is 4.79 Å². The van der Waals surface area contributed by atoms with E-state index in [0.29, 0.717) is 0 Å². The lowest BCUT2D eigenvalue weighted by molar-refractivity contribution is -0.142. The van der Waals surface area contributed by atoms with Crippen LogP contribution in [0.2, 0.25) is 0 Å². The minimum atomic E-state index is -0.759. The van der Waals surface area contributed by atoms with Gasteiger partial charge < -0.3 is 9.67 Å². The Morgan fingerprint density at radius 3 is 2.38 bits per heavy atom. The van der Waals surface area contributed by atoms with Gasteiger partial charge in [-0.25, -0.2) is 4.79 Å². The fourth-order valence-electron chi connectivity index (χ4n) is 1.42. The number of aromatic nitrogens is 1. The van der Waals surface area contributed by atoms with Gasteiger partial charge in [0.1, 0.15) is 6.04 Å². The van der Waals surface area contributed by atoms with Crippen LogP contribution in [0, 0.1) is 5.92 Å². The third-order valence-electron chi connectivity index (χ3n) is 2.38. The summed E-state index contributed by atoms with van der Waals surface area (Å²) in [7, 11) is 0. The Morgan fingerprint density at radius 2 is 2.00 bits per heavy atom. The molecule has 0 aliphatic carbocycles. The van der Waals surface area contributed by atoms with Crippen LogP contribution in [0.3, 0.4) is 0 Å². The summed E-state index contributed by atoms with van der Waals surface area (Å²) in [6.45, 7) is 3.96. The summed E-state index contributed by atoms with van der Waals surface area (Å²) in [5.41, 5.74) is 0. The molecule has 1 heterocycles. The van der Waals surface area contributed by atoms with Crippen molar-refractivity contribution in [1.29, 1.82) is 0 Å². The highest BCUT2D eigenvalue weighted by Crippen LogP contribution is 2.21. The van der Waals surface area contributed by atoms with Crippen molar-refractivity contribution in [3.05, 3.63) is 24.5 Å². The molecule has 3 nitrogen and oxygen atoms in total. The number of carboxylic acid groups (broad SMARTS) is 1. The molecule has 1 aromatic heterocycles. The zero-order valence-corrected chi connectivity index (χ0v) is 7.97. The molecular weight excluding hydrogens is 166 g/mol. The van der Waals surface area contributed by atoms with Gasteiger partial charge in [-0.3, -0.25) is 0 Å². The van der Waals surface area contributed by atoms with E-state index in [0.717, 1.165) is 6.42 Å². The highest BCUT2D eigenvalue weighted by Gasteiger charge is 2.23. The van der Waals surface area contributed by atoms with Crippen molar-refractivity contribution in [3.8, 4) is 0 Å². The van der Waals surface area contributed by atoms with Crippen LogP contribution in [-0.4, -0.2) is 15.6 Å². The van der Waals surface area contributed by atoms with Gasteiger partial charge in [0.25, 0.3) is 0 Å². The molecule has 0 saturated heterocycles. The molecule has 0 aliphatic heterocycles. The largest absolute Gasteiger partial charge is 0.480 e. The number of rotatable bonds is 4. The van der Waals surface area contributed by atoms with E-state index >= 15 is 0 Å². The first-order chi connectivity index (χ1) is 6.16. The first-order valence-electron chi connectivity index (χ1n) is 4.52. The third kappa shape index (κ3) is 2.11. The molecule has 0 saturated carbocycles. The van der Waals surface area contributed by atoms with Gasteiger partial charge in [0.15, 0.2) is 0 Å². The molecule has 0 fully saturated rings. The predicted octanol–water partition coefficient (Wildman–Crippen LogP) is 2.16. The van der Waals surface area contributed by atoms with E-state index < -0.39 is 12.0 Å². The summed E-state index contributed by atoms with van der Waals surface area (Å²) in [5.74, 6) is -0.601. The molecule has 0 radical (unpaired) electrons. The topological polar surface area (TPSA) is 42.2 Å². The average molecular weight is 181 g/mol. The minimum Gasteiger partial charge on any atom is -0.480 e. The summed E-state index contributed by atoms with van der Waals surface area (Å²) in [5, 5.41) is 9.03. The molecule has 72 valence electrons. The Hall–Kier alpha value is -1.25. The Labute approximate surface area is 78.0 Å². The second kappa shape index (κ2) is 4.12. The fraction of sp³-hybridized carbons (Fsp3) is 0.500. The second-order valence-corrected chi connectivity index (χ2v) is 3.30. The van der Waals surface area contributed by atoms with E-state index in [1.54, 1.807) is 17.0 Å². The smallest absolute Gasteiger partial charge is 0.326 e. The SMILES string of the molecule is CC[C@@H](C)[C@H](C(=O)O)n1cccc1. The standard InChI is InChI=1S/C10H15NO2/c1-3-8(2)9(10(12)13)11-6-4-5-7-11/h4-9H,3H2,1-2H3,(H,12,13)/t8-,9-/m1/s1. The van der Waals surface area contributed by atoms with Crippen molar-refractivity contribution >= 4 is 5.97 Å². The number of aliphatic carboxylic acids is 1. The van der Waals surface area contributed by atoms with Gasteiger partial charge in [-0.15, -0.1) is 0 Å². The van der Waals surface area contributed by atoms with Crippen LogP contribution in [0.5, 0.6) is 0 Å². The van der Waals surface area contributed by atoms with Gasteiger partial charge in [0.2, 0.25) is 0 Å². The van der Waals surface area contributed by atoms with Gasteiger partial charge in [-0.05, 0) is 18.1 Å². The van der Waals surface area contributed by atoms with Crippen molar-refractivity contribution in [2.24, 2.45) is 5.92 Å². The van der Waals surface area contributed by atoms with Crippen LogP contribution < -0.4 is 0 Å². The Morgan fingerprint density at radius 1 is 1.46 bits per heavy atom. The Kier molecular flexibility index (Phi) is 3.12. The number of nitrogens with zero attached hydrogens (tertiary/aromatic N) is 1. The van der Waals surface area contributed by atoms with Gasteiger partial charge in [0.05, 0.1) is 0 Å². The summed E-state index contributed by atoms with van der Waals surface area (Å²) in [6, 6.07) is 3.26. The minimum absolute atomic E-state index is 0.157. The molecule has 0 unspecified atom stereocenters.